The predicted molar refractivity (Wildman–Crippen MR) is 133 cm³/mol. The van der Waals surface area contributed by atoms with Gasteiger partial charge >= 0.3 is 5.90 Å². The van der Waals surface area contributed by atoms with Gasteiger partial charge in [-0.05, 0) is 73.9 Å². The maximum atomic E-state index is 13.4. The molecule has 1 heterocycles. The molecule has 3 unspecified atom stereocenters. The Balaban J connectivity index is 1.67. The minimum Gasteiger partial charge on any atom is -0.463 e. The molecule has 1 aliphatic heterocycles. The number of amides is 1. The maximum absolute atomic E-state index is 13.4. The zero-order valence-corrected chi connectivity index (χ0v) is 20.6. The quantitative estimate of drug-likeness (QED) is 0.313. The monoisotopic (exact) mass is 456 g/mol. The fourth-order valence-corrected chi connectivity index (χ4v) is 5.19. The number of aliphatic hydroxyl groups excluding tert-OH is 1. The van der Waals surface area contributed by atoms with Crippen molar-refractivity contribution in [3.8, 4) is 0 Å². The van der Waals surface area contributed by atoms with Gasteiger partial charge in [0.1, 0.15) is 0 Å². The van der Waals surface area contributed by atoms with Crippen molar-refractivity contribution in [2.75, 3.05) is 13.1 Å². The first-order chi connectivity index (χ1) is 15.3. The summed E-state index contributed by atoms with van der Waals surface area (Å²) in [5, 5.41) is 9.47. The van der Waals surface area contributed by atoms with Crippen LogP contribution < -0.4 is 9.71 Å². The van der Waals surface area contributed by atoms with Gasteiger partial charge in [-0.2, -0.15) is 4.99 Å². The van der Waals surface area contributed by atoms with Gasteiger partial charge in [0.25, 0.3) is 0 Å². The molecule has 0 bridgehead atoms. The number of nitrogens with zero attached hydrogens (tertiary/aromatic N) is 1. The number of allylic oxidation sites excluding steroid dienone is 4. The van der Waals surface area contributed by atoms with Gasteiger partial charge in [0.05, 0.1) is 13.0 Å². The van der Waals surface area contributed by atoms with Crippen LogP contribution in [0.15, 0.2) is 47.4 Å². The lowest BCUT2D eigenvalue weighted by Gasteiger charge is -2.33. The van der Waals surface area contributed by atoms with E-state index in [0.29, 0.717) is 17.8 Å². The molecule has 1 amide bonds. The first-order valence-electron chi connectivity index (χ1n) is 11.8. The Morgan fingerprint density at radius 3 is 2.62 bits per heavy atom. The first-order valence-corrected chi connectivity index (χ1v) is 12.6. The Labute approximate surface area is 197 Å². The van der Waals surface area contributed by atoms with Crippen LogP contribution in [-0.2, 0) is 4.79 Å². The molecule has 174 valence electrons. The van der Waals surface area contributed by atoms with Crippen molar-refractivity contribution in [1.29, 1.82) is 0 Å². The molecule has 0 spiro atoms. The van der Waals surface area contributed by atoms with Crippen LogP contribution in [0.1, 0.15) is 52.0 Å². The van der Waals surface area contributed by atoms with E-state index in [0.717, 1.165) is 54.9 Å². The van der Waals surface area contributed by atoms with E-state index in [1.807, 2.05) is 25.1 Å². The zero-order valence-electron chi connectivity index (χ0n) is 19.8. The third-order valence-corrected chi connectivity index (χ3v) is 7.63. The number of carbonyl (C=O) groups is 1. The molecule has 1 aromatic carbocycles. The summed E-state index contributed by atoms with van der Waals surface area (Å²) in [5.41, 5.74) is 1.95. The van der Waals surface area contributed by atoms with Crippen LogP contribution in [0.5, 0.6) is 0 Å². The lowest BCUT2D eigenvalue weighted by atomic mass is 9.85. The van der Waals surface area contributed by atoms with Gasteiger partial charge in [-0.3, -0.25) is 4.79 Å². The Hall–Kier alpha value is -2.05. The molecular weight excluding hydrogens is 418 g/mol. The van der Waals surface area contributed by atoms with E-state index in [2.05, 4.69) is 52.8 Å². The smallest absolute Gasteiger partial charge is 0.334 e. The highest BCUT2D eigenvalue weighted by Gasteiger charge is 2.28. The second-order valence-corrected chi connectivity index (χ2v) is 10.2. The summed E-state index contributed by atoms with van der Waals surface area (Å²) in [6, 6.07) is 5.78. The van der Waals surface area contributed by atoms with Crippen molar-refractivity contribution in [3.63, 3.8) is 0 Å². The Morgan fingerprint density at radius 2 is 1.97 bits per heavy atom. The number of hydrogen-bond acceptors (Lipinski definition) is 3. The van der Waals surface area contributed by atoms with Gasteiger partial charge in [0, 0.05) is 30.1 Å². The molecule has 3 N–H and O–H groups in total. The van der Waals surface area contributed by atoms with Crippen molar-refractivity contribution < 1.29 is 14.9 Å². The summed E-state index contributed by atoms with van der Waals surface area (Å²) in [6.07, 6.45) is 12.8. The number of nitrogens with one attached hydrogen (secondary N) is 2. The molecular formula is C26H38N3O2S+. The summed E-state index contributed by atoms with van der Waals surface area (Å²) >= 11 is 1.54. The van der Waals surface area contributed by atoms with Crippen molar-refractivity contribution >= 4 is 29.4 Å². The van der Waals surface area contributed by atoms with E-state index in [4.69, 9.17) is 0 Å². The van der Waals surface area contributed by atoms with Crippen molar-refractivity contribution in [1.82, 2.24) is 9.62 Å². The molecule has 2 aliphatic rings. The van der Waals surface area contributed by atoms with E-state index in [9.17, 15) is 9.90 Å². The average molecular weight is 457 g/mol. The zero-order chi connectivity index (χ0) is 23.1. The summed E-state index contributed by atoms with van der Waals surface area (Å²) in [5.74, 6) is 2.09. The van der Waals surface area contributed by atoms with Gasteiger partial charge in [-0.15, -0.1) is 0 Å². The van der Waals surface area contributed by atoms with Crippen LogP contribution >= 0.6 is 11.9 Å². The molecule has 0 aromatic heterocycles. The number of aryl methyl sites for hydroxylation is 1. The Bertz CT molecular complexity index is 868. The number of aliphatic hydroxyl groups is 1. The van der Waals surface area contributed by atoms with E-state index in [1.54, 1.807) is 6.92 Å². The highest BCUT2D eigenvalue weighted by molar-refractivity contribution is 7.97. The van der Waals surface area contributed by atoms with Gasteiger partial charge in [-0.25, -0.2) is 4.72 Å². The van der Waals surface area contributed by atoms with E-state index >= 15 is 0 Å². The van der Waals surface area contributed by atoms with E-state index in [-0.39, 0.29) is 17.8 Å². The second kappa shape index (κ2) is 11.7. The topological polar surface area (TPSA) is 66.5 Å². The number of hydrogen-bond donors (Lipinski definition) is 3. The van der Waals surface area contributed by atoms with Crippen molar-refractivity contribution in [3.05, 3.63) is 48.1 Å². The summed E-state index contributed by atoms with van der Waals surface area (Å²) in [4.78, 5) is 19.5. The molecule has 1 fully saturated rings. The maximum Gasteiger partial charge on any atom is 0.334 e. The number of benzene rings is 1. The molecule has 0 radical (unpaired) electrons. The number of piperidine rings is 1. The summed E-state index contributed by atoms with van der Waals surface area (Å²) < 4.78 is 3.51. The fourth-order valence-electron chi connectivity index (χ4n) is 4.35. The number of carbonyl (C=O) groups excluding carboxylic acids is 1. The second-order valence-electron chi connectivity index (χ2n) is 9.34. The predicted octanol–water partition coefficient (Wildman–Crippen LogP) is 4.07. The van der Waals surface area contributed by atoms with Gasteiger partial charge in [-0.1, -0.05) is 38.2 Å². The number of likely N-dealkylation sites (tertiary alicyclic amines) is 1. The van der Waals surface area contributed by atoms with E-state index < -0.39 is 0 Å². The normalized spacial score (nSPS) is 22.9. The molecule has 5 nitrogen and oxygen atoms in total. The molecule has 32 heavy (non-hydrogen) atoms. The molecule has 1 saturated heterocycles. The molecule has 6 heteroatoms. The summed E-state index contributed by atoms with van der Waals surface area (Å²) in [6.45, 7) is 9.92. The standard InChI is InChI=1S/C26H37N3O2S/c1-18-13-15-29(16-14-18)26(31)24(11-9-22-8-6-5-7-19(22)2)28-32-25-12-10-23(17-20(25)3)27-21(4)30/h5-8,10,12,17-19,22,24,28H,9,11,13-16H2,1-4H3,(H,27,30)/p+1. The lowest BCUT2D eigenvalue weighted by Crippen LogP contribution is -2.65. The SMILES string of the molecule is CC(O)=[NH+]c1ccc(SNC(CCC2C=CC=CC2C)C(=O)N2CCC(C)CC2)c(C)c1. The minimum absolute atomic E-state index is 0.172. The largest absolute Gasteiger partial charge is 0.463 e. The fraction of sp³-hybridized carbons (Fsp3) is 0.538. The van der Waals surface area contributed by atoms with E-state index in [1.165, 1.54) is 11.9 Å². The third kappa shape index (κ3) is 6.97. The highest BCUT2D eigenvalue weighted by Crippen LogP contribution is 2.27. The first kappa shape index (κ1) is 24.6. The Kier molecular flexibility index (Phi) is 9.00. The molecule has 0 saturated carbocycles. The van der Waals surface area contributed by atoms with Crippen molar-refractivity contribution in [2.24, 2.45) is 17.8 Å². The molecule has 3 rings (SSSR count). The van der Waals surface area contributed by atoms with Crippen LogP contribution in [0.2, 0.25) is 0 Å². The van der Waals surface area contributed by atoms with Crippen molar-refractivity contribution in [2.45, 2.75) is 64.3 Å². The number of rotatable bonds is 8. The Morgan fingerprint density at radius 1 is 1.25 bits per heavy atom. The summed E-state index contributed by atoms with van der Waals surface area (Å²) in [7, 11) is 0. The lowest BCUT2D eigenvalue weighted by molar-refractivity contribution is -0.366. The van der Waals surface area contributed by atoms with Crippen LogP contribution in [-0.4, -0.2) is 40.9 Å². The average Bonchev–Trinajstić information content (AvgIpc) is 2.76. The van der Waals surface area contributed by atoms with Crippen LogP contribution in [0.25, 0.3) is 0 Å². The molecule has 1 aliphatic carbocycles. The minimum atomic E-state index is -0.204. The van der Waals surface area contributed by atoms with Crippen LogP contribution in [0.3, 0.4) is 0 Å². The third-order valence-electron chi connectivity index (χ3n) is 6.55. The van der Waals surface area contributed by atoms with Crippen LogP contribution in [0.4, 0.5) is 5.69 Å². The highest BCUT2D eigenvalue weighted by atomic mass is 32.2. The van der Waals surface area contributed by atoms with Gasteiger partial charge < -0.3 is 10.0 Å². The van der Waals surface area contributed by atoms with Gasteiger partial charge in [0.15, 0.2) is 0 Å². The molecule has 1 aromatic rings. The molecule has 3 atom stereocenters. The van der Waals surface area contributed by atoms with Gasteiger partial charge in [0.2, 0.25) is 11.6 Å². The van der Waals surface area contributed by atoms with Crippen LogP contribution in [0, 0.1) is 24.7 Å².